The Hall–Kier alpha value is -2.62. The minimum atomic E-state index is -3.57. The Morgan fingerprint density at radius 3 is 2.52 bits per heavy atom. The van der Waals surface area contributed by atoms with Gasteiger partial charge in [-0.3, -0.25) is 4.79 Å². The van der Waals surface area contributed by atoms with Crippen LogP contribution < -0.4 is 5.32 Å². The largest absolute Gasteiger partial charge is 0.351 e. The second kappa shape index (κ2) is 9.25. The van der Waals surface area contributed by atoms with Crippen LogP contribution in [0.3, 0.4) is 0 Å². The second-order valence-corrected chi connectivity index (χ2v) is 9.51. The number of carbonyl (C=O) groups is 1. The molecule has 3 aromatic rings. The number of benzene rings is 2. The zero-order valence-corrected chi connectivity index (χ0v) is 17.8. The molecule has 3 rings (SSSR count). The van der Waals surface area contributed by atoms with Crippen LogP contribution >= 0.6 is 11.8 Å². The van der Waals surface area contributed by atoms with Gasteiger partial charge in [0, 0.05) is 20.6 Å². The molecule has 0 unspecified atom stereocenters. The van der Waals surface area contributed by atoms with Gasteiger partial charge in [-0.05, 0) is 17.2 Å². The fraction of sp³-hybridized carbons (Fsp3) is 0.200. The number of aromatic amines is 1. The lowest BCUT2D eigenvalue weighted by Crippen LogP contribution is -2.28. The SMILES string of the molecule is CN(C)S(=O)(=O)c1ccccc1CNC(=O)CSc1ncc(-c2ccccc2)[nH]1. The van der Waals surface area contributed by atoms with E-state index >= 15 is 0 Å². The zero-order chi connectivity index (χ0) is 20.9. The Morgan fingerprint density at radius 1 is 1.10 bits per heavy atom. The average Bonchev–Trinajstić information content (AvgIpc) is 3.20. The van der Waals surface area contributed by atoms with Gasteiger partial charge in [-0.1, -0.05) is 60.3 Å². The third-order valence-corrected chi connectivity index (χ3v) is 6.99. The number of hydrogen-bond donors (Lipinski definition) is 2. The summed E-state index contributed by atoms with van der Waals surface area (Å²) in [6, 6.07) is 16.5. The van der Waals surface area contributed by atoms with Crippen LogP contribution in [0, 0.1) is 0 Å². The molecular weight excluding hydrogens is 408 g/mol. The monoisotopic (exact) mass is 430 g/mol. The van der Waals surface area contributed by atoms with Gasteiger partial charge in [-0.2, -0.15) is 0 Å². The minimum Gasteiger partial charge on any atom is -0.351 e. The Balaban J connectivity index is 1.57. The van der Waals surface area contributed by atoms with E-state index in [1.54, 1.807) is 30.5 Å². The highest BCUT2D eigenvalue weighted by atomic mass is 32.2. The van der Waals surface area contributed by atoms with E-state index in [2.05, 4.69) is 15.3 Å². The number of nitrogens with one attached hydrogen (secondary N) is 2. The van der Waals surface area contributed by atoms with Crippen LogP contribution in [-0.2, 0) is 21.4 Å². The Bertz CT molecular complexity index is 1080. The van der Waals surface area contributed by atoms with E-state index in [1.165, 1.54) is 25.9 Å². The first-order valence-corrected chi connectivity index (χ1v) is 11.3. The summed E-state index contributed by atoms with van der Waals surface area (Å²) < 4.78 is 26.0. The number of H-pyrrole nitrogens is 1. The molecule has 0 aliphatic heterocycles. The predicted octanol–water partition coefficient (Wildman–Crippen LogP) is 2.74. The first-order chi connectivity index (χ1) is 13.9. The molecule has 0 atom stereocenters. The summed E-state index contributed by atoms with van der Waals surface area (Å²) in [5, 5.41) is 3.42. The smallest absolute Gasteiger partial charge is 0.242 e. The Morgan fingerprint density at radius 2 is 1.79 bits per heavy atom. The van der Waals surface area contributed by atoms with Crippen LogP contribution in [0.4, 0.5) is 0 Å². The molecule has 1 heterocycles. The summed E-state index contributed by atoms with van der Waals surface area (Å²) in [4.78, 5) is 19.9. The maximum atomic E-state index is 12.4. The third-order valence-electron chi connectivity index (χ3n) is 4.18. The van der Waals surface area contributed by atoms with E-state index in [9.17, 15) is 13.2 Å². The number of amides is 1. The molecule has 0 aliphatic rings. The lowest BCUT2D eigenvalue weighted by Gasteiger charge is -2.15. The number of thioether (sulfide) groups is 1. The van der Waals surface area contributed by atoms with E-state index < -0.39 is 10.0 Å². The van der Waals surface area contributed by atoms with Crippen molar-refractivity contribution in [2.75, 3.05) is 19.8 Å². The average molecular weight is 431 g/mol. The number of carbonyl (C=O) groups excluding carboxylic acids is 1. The maximum absolute atomic E-state index is 12.4. The first kappa shape index (κ1) is 21.1. The van der Waals surface area contributed by atoms with Crippen molar-refractivity contribution in [1.82, 2.24) is 19.6 Å². The van der Waals surface area contributed by atoms with E-state index in [1.807, 2.05) is 30.3 Å². The van der Waals surface area contributed by atoms with E-state index in [-0.39, 0.29) is 23.1 Å². The molecule has 2 N–H and O–H groups in total. The normalized spacial score (nSPS) is 11.6. The number of nitrogens with zero attached hydrogens (tertiary/aromatic N) is 2. The van der Waals surface area contributed by atoms with Crippen LogP contribution in [0.1, 0.15) is 5.56 Å². The minimum absolute atomic E-state index is 0.135. The molecule has 0 aliphatic carbocycles. The number of aromatic nitrogens is 2. The van der Waals surface area contributed by atoms with Crippen LogP contribution in [-0.4, -0.2) is 48.4 Å². The lowest BCUT2D eigenvalue weighted by molar-refractivity contribution is -0.118. The van der Waals surface area contributed by atoms with Crippen molar-refractivity contribution in [1.29, 1.82) is 0 Å². The molecule has 0 saturated carbocycles. The summed E-state index contributed by atoms with van der Waals surface area (Å²) in [7, 11) is -0.611. The topological polar surface area (TPSA) is 95.2 Å². The summed E-state index contributed by atoms with van der Waals surface area (Å²) in [6.07, 6.45) is 1.73. The number of sulfonamides is 1. The van der Waals surface area contributed by atoms with Gasteiger partial charge in [0.25, 0.3) is 0 Å². The summed E-state index contributed by atoms with van der Waals surface area (Å²) in [6.45, 7) is 0.135. The van der Waals surface area contributed by atoms with Gasteiger partial charge in [0.1, 0.15) is 0 Å². The molecule has 0 spiro atoms. The van der Waals surface area contributed by atoms with E-state index in [0.717, 1.165) is 15.6 Å². The second-order valence-electron chi connectivity index (χ2n) is 6.43. The molecule has 9 heteroatoms. The molecule has 0 saturated heterocycles. The van der Waals surface area contributed by atoms with Crippen LogP contribution in [0.15, 0.2) is 70.8 Å². The fourth-order valence-corrected chi connectivity index (χ4v) is 4.41. The highest BCUT2D eigenvalue weighted by molar-refractivity contribution is 7.99. The van der Waals surface area contributed by atoms with Gasteiger partial charge in [0.15, 0.2) is 5.16 Å². The van der Waals surface area contributed by atoms with Crippen LogP contribution in [0.5, 0.6) is 0 Å². The van der Waals surface area contributed by atoms with Gasteiger partial charge in [-0.25, -0.2) is 17.7 Å². The quantitative estimate of drug-likeness (QED) is 0.536. The van der Waals surface area contributed by atoms with E-state index in [0.29, 0.717) is 10.7 Å². The highest BCUT2D eigenvalue weighted by Crippen LogP contribution is 2.21. The molecular formula is C20H22N4O3S2. The van der Waals surface area contributed by atoms with Crippen molar-refractivity contribution in [2.45, 2.75) is 16.6 Å². The van der Waals surface area contributed by atoms with Gasteiger partial charge in [-0.15, -0.1) is 0 Å². The van der Waals surface area contributed by atoms with E-state index in [4.69, 9.17) is 0 Å². The highest BCUT2D eigenvalue weighted by Gasteiger charge is 2.20. The molecule has 7 nitrogen and oxygen atoms in total. The predicted molar refractivity (Wildman–Crippen MR) is 114 cm³/mol. The molecule has 29 heavy (non-hydrogen) atoms. The fourth-order valence-electron chi connectivity index (χ4n) is 2.62. The van der Waals surface area contributed by atoms with Crippen molar-refractivity contribution in [3.8, 4) is 11.3 Å². The van der Waals surface area contributed by atoms with Crippen molar-refractivity contribution in [2.24, 2.45) is 0 Å². The molecule has 2 aromatic carbocycles. The van der Waals surface area contributed by atoms with Crippen molar-refractivity contribution in [3.05, 3.63) is 66.4 Å². The van der Waals surface area contributed by atoms with Crippen LogP contribution in [0.2, 0.25) is 0 Å². The van der Waals surface area contributed by atoms with Crippen LogP contribution in [0.25, 0.3) is 11.3 Å². The number of imidazole rings is 1. The molecule has 1 aromatic heterocycles. The van der Waals surface area contributed by atoms with Crippen molar-refractivity contribution >= 4 is 27.7 Å². The lowest BCUT2D eigenvalue weighted by atomic mass is 10.2. The van der Waals surface area contributed by atoms with Gasteiger partial charge in [0.2, 0.25) is 15.9 Å². The third kappa shape index (κ3) is 5.26. The van der Waals surface area contributed by atoms with Crippen molar-refractivity contribution < 1.29 is 13.2 Å². The van der Waals surface area contributed by atoms with Crippen molar-refractivity contribution in [3.63, 3.8) is 0 Å². The Kier molecular flexibility index (Phi) is 6.73. The van der Waals surface area contributed by atoms with Gasteiger partial charge < -0.3 is 10.3 Å². The first-order valence-electron chi connectivity index (χ1n) is 8.88. The molecule has 152 valence electrons. The maximum Gasteiger partial charge on any atom is 0.242 e. The zero-order valence-electron chi connectivity index (χ0n) is 16.1. The van der Waals surface area contributed by atoms with Gasteiger partial charge >= 0.3 is 0 Å². The number of rotatable bonds is 8. The Labute approximate surface area is 174 Å². The van der Waals surface area contributed by atoms with Gasteiger partial charge in [0.05, 0.1) is 22.5 Å². The summed E-state index contributed by atoms with van der Waals surface area (Å²) >= 11 is 1.29. The summed E-state index contributed by atoms with van der Waals surface area (Å²) in [5.41, 5.74) is 2.45. The standard InChI is InChI=1S/C20H22N4O3S2/c1-24(2)29(26,27)18-11-7-6-10-16(18)12-21-19(25)14-28-20-22-13-17(23-20)15-8-4-3-5-9-15/h3-11,13H,12,14H2,1-2H3,(H,21,25)(H,22,23). The molecule has 0 bridgehead atoms. The molecule has 1 amide bonds. The molecule has 0 radical (unpaired) electrons. The number of hydrogen-bond acceptors (Lipinski definition) is 5. The molecule has 0 fully saturated rings. The summed E-state index contributed by atoms with van der Waals surface area (Å²) in [5.74, 6) is -0.0330.